The number of pyridine rings is 1. The zero-order valence-electron chi connectivity index (χ0n) is 22.2. The maximum absolute atomic E-state index is 13.2. The Morgan fingerprint density at radius 3 is 2.50 bits per heavy atom. The first kappa shape index (κ1) is 27.0. The van der Waals surface area contributed by atoms with Crippen LogP contribution in [0.25, 0.3) is 10.9 Å². The summed E-state index contributed by atoms with van der Waals surface area (Å²) < 4.78 is 42.3. The zero-order valence-corrected chi connectivity index (χ0v) is 22.2. The van der Waals surface area contributed by atoms with Gasteiger partial charge in [0.05, 0.1) is 23.6 Å². The highest BCUT2D eigenvalue weighted by Gasteiger charge is 2.24. The summed E-state index contributed by atoms with van der Waals surface area (Å²) >= 11 is 0. The van der Waals surface area contributed by atoms with E-state index in [0.29, 0.717) is 71.8 Å². The molecule has 0 radical (unpaired) electrons. The van der Waals surface area contributed by atoms with E-state index in [1.54, 1.807) is 55.8 Å². The topological polar surface area (TPSA) is 100 Å². The number of nitrogens with zero attached hydrogens (tertiary/aromatic N) is 1. The molecule has 3 aromatic carbocycles. The minimum Gasteiger partial charge on any atom is -0.489 e. The van der Waals surface area contributed by atoms with Crippen molar-refractivity contribution in [3.8, 4) is 28.7 Å². The van der Waals surface area contributed by atoms with E-state index in [-0.39, 0.29) is 17.9 Å². The third kappa shape index (κ3) is 6.35. The summed E-state index contributed by atoms with van der Waals surface area (Å²) in [7, 11) is 1.65. The quantitative estimate of drug-likeness (QED) is 0.227. The molecule has 2 N–H and O–H groups in total. The molecule has 0 saturated heterocycles. The minimum absolute atomic E-state index is 0.295. The highest BCUT2D eigenvalue weighted by molar-refractivity contribution is 5.95. The number of ether oxygens (including phenoxy) is 5. The van der Waals surface area contributed by atoms with Crippen molar-refractivity contribution in [2.75, 3.05) is 38.9 Å². The number of rotatable bonds is 10. The summed E-state index contributed by atoms with van der Waals surface area (Å²) in [6, 6.07) is 15.9. The number of urea groups is 1. The van der Waals surface area contributed by atoms with Gasteiger partial charge < -0.3 is 34.3 Å². The van der Waals surface area contributed by atoms with Gasteiger partial charge in [0.15, 0.2) is 11.5 Å². The Kier molecular flexibility index (Phi) is 8.46. The Hall–Kier alpha value is -4.57. The maximum Gasteiger partial charge on any atom is 0.319 e. The Morgan fingerprint density at radius 2 is 1.75 bits per heavy atom. The molecule has 40 heavy (non-hydrogen) atoms. The number of fused-ring (bicyclic) bond motifs is 3. The van der Waals surface area contributed by atoms with Gasteiger partial charge >= 0.3 is 6.03 Å². The van der Waals surface area contributed by atoms with E-state index >= 15 is 0 Å². The number of benzene rings is 3. The molecule has 1 aliphatic heterocycles. The Morgan fingerprint density at radius 1 is 1.00 bits per heavy atom. The van der Waals surface area contributed by atoms with E-state index in [9.17, 15) is 9.18 Å². The fraction of sp³-hybridized carbons (Fsp3) is 0.267. The second kappa shape index (κ2) is 12.5. The number of methoxy groups -OCH3 is 1. The standard InChI is InChI=1S/C30H30FN3O6/c1-19(20-4-6-21(31)7-5-20)33-30(35)34-22-8-10-23(11-9-22)40-25-12-13-32-24-18-26(37-15-3-14-36-2)28-29(27(24)25)39-17-16-38-28/h4-13,18-19H,3,14-17H2,1-2H3,(H2,33,34,35)/t19-/m0/s1. The lowest BCUT2D eigenvalue weighted by molar-refractivity contribution is 0.154. The van der Waals surface area contributed by atoms with Crippen molar-refractivity contribution < 1.29 is 32.9 Å². The van der Waals surface area contributed by atoms with Crippen LogP contribution in [0.2, 0.25) is 0 Å². The third-order valence-electron chi connectivity index (χ3n) is 6.25. The van der Waals surface area contributed by atoms with Crippen LogP contribution in [-0.2, 0) is 4.74 Å². The number of halogens is 1. The van der Waals surface area contributed by atoms with Gasteiger partial charge in [0.25, 0.3) is 0 Å². The normalized spacial score (nSPS) is 13.0. The minimum atomic E-state index is -0.380. The van der Waals surface area contributed by atoms with E-state index in [1.165, 1.54) is 12.1 Å². The lowest BCUT2D eigenvalue weighted by Crippen LogP contribution is -2.31. The van der Waals surface area contributed by atoms with Crippen molar-refractivity contribution in [3.05, 3.63) is 78.2 Å². The number of anilines is 1. The van der Waals surface area contributed by atoms with Crippen molar-refractivity contribution in [3.63, 3.8) is 0 Å². The fourth-order valence-corrected chi connectivity index (χ4v) is 4.28. The fourth-order valence-electron chi connectivity index (χ4n) is 4.28. The second-order valence-corrected chi connectivity index (χ2v) is 9.13. The summed E-state index contributed by atoms with van der Waals surface area (Å²) in [5, 5.41) is 6.32. The Bertz CT molecular complexity index is 1460. The predicted octanol–water partition coefficient (Wildman–Crippen LogP) is 6.24. The highest BCUT2D eigenvalue weighted by atomic mass is 19.1. The summed E-state index contributed by atoms with van der Waals surface area (Å²) in [5.74, 6) is 2.39. The van der Waals surface area contributed by atoms with E-state index in [1.807, 2.05) is 13.0 Å². The van der Waals surface area contributed by atoms with E-state index in [0.717, 1.165) is 12.0 Å². The van der Waals surface area contributed by atoms with Gasteiger partial charge in [-0.25, -0.2) is 9.18 Å². The molecule has 0 unspecified atom stereocenters. The molecule has 5 rings (SSSR count). The van der Waals surface area contributed by atoms with Gasteiger partial charge in [-0.05, 0) is 55.0 Å². The van der Waals surface area contributed by atoms with Crippen molar-refractivity contribution >= 4 is 22.6 Å². The molecular formula is C30H30FN3O6. The molecule has 0 saturated carbocycles. The molecule has 9 nitrogen and oxygen atoms in total. The first-order valence-electron chi connectivity index (χ1n) is 13.0. The van der Waals surface area contributed by atoms with Crippen LogP contribution in [0.1, 0.15) is 24.9 Å². The van der Waals surface area contributed by atoms with Crippen molar-refractivity contribution in [1.82, 2.24) is 10.3 Å². The van der Waals surface area contributed by atoms with Gasteiger partial charge in [-0.1, -0.05) is 12.1 Å². The molecule has 1 aromatic heterocycles. The number of carbonyl (C=O) groups is 1. The molecule has 2 heterocycles. The SMILES string of the molecule is COCCCOc1cc2nccc(Oc3ccc(NC(=O)N[C@@H](C)c4ccc(F)cc4)cc3)c2c2c1OCCO2. The first-order valence-corrected chi connectivity index (χ1v) is 13.0. The Balaban J connectivity index is 1.29. The number of amides is 2. The van der Waals surface area contributed by atoms with Gasteiger partial charge in [-0.3, -0.25) is 4.98 Å². The number of nitrogens with one attached hydrogen (secondary N) is 2. The van der Waals surface area contributed by atoms with Gasteiger partial charge in [0.1, 0.15) is 30.5 Å². The van der Waals surface area contributed by atoms with E-state index < -0.39 is 0 Å². The monoisotopic (exact) mass is 547 g/mol. The molecule has 4 aromatic rings. The molecule has 0 aliphatic carbocycles. The summed E-state index contributed by atoms with van der Waals surface area (Å²) in [5.41, 5.74) is 2.03. The van der Waals surface area contributed by atoms with Gasteiger partial charge in [0.2, 0.25) is 5.75 Å². The van der Waals surface area contributed by atoms with Crippen LogP contribution >= 0.6 is 0 Å². The van der Waals surface area contributed by atoms with Gasteiger partial charge in [-0.2, -0.15) is 0 Å². The van der Waals surface area contributed by atoms with Crippen LogP contribution in [0.5, 0.6) is 28.7 Å². The number of hydrogen-bond acceptors (Lipinski definition) is 7. The van der Waals surface area contributed by atoms with Crippen molar-refractivity contribution in [2.24, 2.45) is 0 Å². The molecule has 1 aliphatic rings. The highest BCUT2D eigenvalue weighted by Crippen LogP contribution is 2.48. The molecule has 2 amide bonds. The average molecular weight is 548 g/mol. The van der Waals surface area contributed by atoms with Crippen LogP contribution in [-0.4, -0.2) is 44.6 Å². The van der Waals surface area contributed by atoms with Crippen LogP contribution in [0.3, 0.4) is 0 Å². The largest absolute Gasteiger partial charge is 0.489 e. The van der Waals surface area contributed by atoms with E-state index in [4.69, 9.17) is 23.7 Å². The smallest absolute Gasteiger partial charge is 0.319 e. The summed E-state index contributed by atoms with van der Waals surface area (Å²) in [6.45, 7) is 3.69. The average Bonchev–Trinajstić information content (AvgIpc) is 2.96. The van der Waals surface area contributed by atoms with Crippen molar-refractivity contribution in [1.29, 1.82) is 0 Å². The van der Waals surface area contributed by atoms with Gasteiger partial charge in [-0.15, -0.1) is 0 Å². The zero-order chi connectivity index (χ0) is 27.9. The molecular weight excluding hydrogens is 517 g/mol. The van der Waals surface area contributed by atoms with E-state index in [2.05, 4.69) is 15.6 Å². The number of hydrogen-bond donors (Lipinski definition) is 2. The molecule has 0 fully saturated rings. The van der Waals surface area contributed by atoms with Crippen molar-refractivity contribution in [2.45, 2.75) is 19.4 Å². The molecule has 0 bridgehead atoms. The molecule has 1 atom stereocenters. The predicted molar refractivity (Wildman–Crippen MR) is 148 cm³/mol. The first-order chi connectivity index (χ1) is 19.5. The van der Waals surface area contributed by atoms with Crippen LogP contribution in [0.15, 0.2) is 66.9 Å². The number of aromatic nitrogens is 1. The Labute approximate surface area is 231 Å². The maximum atomic E-state index is 13.2. The van der Waals surface area contributed by atoms with Crippen LogP contribution in [0, 0.1) is 5.82 Å². The lowest BCUT2D eigenvalue weighted by atomic mass is 10.1. The van der Waals surface area contributed by atoms with Crippen LogP contribution < -0.4 is 29.6 Å². The van der Waals surface area contributed by atoms with Gasteiger partial charge in [0, 0.05) is 38.1 Å². The third-order valence-corrected chi connectivity index (χ3v) is 6.25. The molecule has 208 valence electrons. The molecule has 10 heteroatoms. The summed E-state index contributed by atoms with van der Waals surface area (Å²) in [6.07, 6.45) is 2.39. The summed E-state index contributed by atoms with van der Waals surface area (Å²) in [4.78, 5) is 17.0. The molecule has 0 spiro atoms. The number of carbonyl (C=O) groups excluding carboxylic acids is 1. The second-order valence-electron chi connectivity index (χ2n) is 9.13. The van der Waals surface area contributed by atoms with Crippen LogP contribution in [0.4, 0.5) is 14.9 Å². The lowest BCUT2D eigenvalue weighted by Gasteiger charge is -2.23.